The summed E-state index contributed by atoms with van der Waals surface area (Å²) in [5.74, 6) is -1.34. The van der Waals surface area contributed by atoms with Gasteiger partial charge < -0.3 is 30.7 Å². The average molecular weight is 455 g/mol. The van der Waals surface area contributed by atoms with Crippen LogP contribution in [0.1, 0.15) is 65.7 Å². The first-order valence-corrected chi connectivity index (χ1v) is 11.5. The first kappa shape index (κ1) is 25.9. The first-order valence-electron chi connectivity index (χ1n) is 11.5. The van der Waals surface area contributed by atoms with Gasteiger partial charge in [0.1, 0.15) is 11.8 Å². The maximum absolute atomic E-state index is 12.8. The number of alkyl carbamates (subject to hydrolysis) is 1. The summed E-state index contributed by atoms with van der Waals surface area (Å²) in [5, 5.41) is 17.5. The van der Waals surface area contributed by atoms with Crippen molar-refractivity contribution in [2.75, 3.05) is 26.2 Å². The van der Waals surface area contributed by atoms with Crippen LogP contribution < -0.4 is 16.0 Å². The summed E-state index contributed by atoms with van der Waals surface area (Å²) in [4.78, 5) is 50.4. The van der Waals surface area contributed by atoms with Crippen LogP contribution in [0, 0.1) is 11.8 Å². The van der Waals surface area contributed by atoms with E-state index in [9.17, 15) is 19.2 Å². The molecule has 4 N–H and O–H groups in total. The molecule has 32 heavy (non-hydrogen) atoms. The molecule has 2 fully saturated rings. The molecule has 0 unspecified atom stereocenters. The largest absolute Gasteiger partial charge is 0.481 e. The zero-order valence-corrected chi connectivity index (χ0v) is 19.4. The van der Waals surface area contributed by atoms with Gasteiger partial charge >= 0.3 is 12.1 Å². The van der Waals surface area contributed by atoms with Gasteiger partial charge in [0.25, 0.3) is 0 Å². The number of likely N-dealkylation sites (tertiary alicyclic amines) is 1. The molecule has 0 saturated carbocycles. The van der Waals surface area contributed by atoms with E-state index in [1.807, 2.05) is 0 Å². The summed E-state index contributed by atoms with van der Waals surface area (Å²) in [6, 6.07) is 0. The Kier molecular flexibility index (Phi) is 9.74. The number of rotatable bonds is 8. The molecule has 0 aromatic heterocycles. The lowest BCUT2D eigenvalue weighted by molar-refractivity contribution is -0.138. The Bertz CT molecular complexity index is 672. The van der Waals surface area contributed by atoms with Crippen LogP contribution in [0.2, 0.25) is 0 Å². The number of nitrogens with one attached hydrogen (secondary N) is 3. The summed E-state index contributed by atoms with van der Waals surface area (Å²) in [7, 11) is 0. The van der Waals surface area contributed by atoms with Crippen molar-refractivity contribution in [2.45, 2.75) is 77.5 Å². The molecule has 0 aromatic rings. The highest BCUT2D eigenvalue weighted by Crippen LogP contribution is 2.21. The lowest BCUT2D eigenvalue weighted by atomic mass is 9.92. The summed E-state index contributed by atoms with van der Waals surface area (Å²) in [6.07, 6.45) is 2.48. The van der Waals surface area contributed by atoms with E-state index in [0.717, 1.165) is 32.4 Å². The molecule has 3 amide bonds. The molecule has 2 saturated heterocycles. The lowest BCUT2D eigenvalue weighted by Gasteiger charge is -2.33. The summed E-state index contributed by atoms with van der Waals surface area (Å²) >= 11 is 0. The summed E-state index contributed by atoms with van der Waals surface area (Å²) in [6.45, 7) is 8.01. The lowest BCUT2D eigenvalue weighted by Crippen LogP contribution is -2.53. The van der Waals surface area contributed by atoms with Crippen LogP contribution in [0.3, 0.4) is 0 Å². The van der Waals surface area contributed by atoms with Crippen molar-refractivity contribution >= 4 is 23.9 Å². The third kappa shape index (κ3) is 9.42. The Labute approximate surface area is 189 Å². The van der Waals surface area contributed by atoms with Crippen molar-refractivity contribution in [3.8, 4) is 0 Å². The molecule has 2 aliphatic heterocycles. The van der Waals surface area contributed by atoms with E-state index in [-0.39, 0.29) is 11.8 Å². The Morgan fingerprint density at radius 1 is 1.12 bits per heavy atom. The van der Waals surface area contributed by atoms with Crippen molar-refractivity contribution in [3.63, 3.8) is 0 Å². The Balaban J connectivity index is 1.86. The number of hydrogen-bond acceptors (Lipinski definition) is 6. The molecule has 182 valence electrons. The third-order valence-electron chi connectivity index (χ3n) is 5.76. The quantitative estimate of drug-likeness (QED) is 0.407. The summed E-state index contributed by atoms with van der Waals surface area (Å²) in [5.41, 5.74) is -0.750. The monoisotopic (exact) mass is 454 g/mol. The predicted molar refractivity (Wildman–Crippen MR) is 118 cm³/mol. The van der Waals surface area contributed by atoms with E-state index < -0.39 is 36.2 Å². The molecule has 2 atom stereocenters. The number of carbonyl (C=O) groups excluding carboxylic acids is 3. The second-order valence-electron chi connectivity index (χ2n) is 9.72. The van der Waals surface area contributed by atoms with Crippen LogP contribution in [0.4, 0.5) is 4.79 Å². The van der Waals surface area contributed by atoms with Gasteiger partial charge in [-0.05, 0) is 71.9 Å². The fourth-order valence-corrected chi connectivity index (χ4v) is 4.13. The molecule has 0 spiro atoms. The van der Waals surface area contributed by atoms with Gasteiger partial charge in [-0.15, -0.1) is 0 Å². The number of amides is 3. The standard InChI is InChI=1S/C22H38N4O6/c1-22(2,3)32-21(31)25-17(13-19(28)29)24-20(30)16-5-4-12-26(14-16)18(27)7-6-15-8-10-23-11-9-15/h15-17,23H,4-14H2,1-3H3,(H,24,30)(H,25,31)(H,28,29)/t16-,17+/m1/s1. The highest BCUT2D eigenvalue weighted by atomic mass is 16.6. The molecule has 10 nitrogen and oxygen atoms in total. The maximum atomic E-state index is 12.8. The van der Waals surface area contributed by atoms with E-state index >= 15 is 0 Å². The van der Waals surface area contributed by atoms with Crippen LogP contribution >= 0.6 is 0 Å². The summed E-state index contributed by atoms with van der Waals surface area (Å²) < 4.78 is 5.15. The molecule has 0 aromatic carbocycles. The Morgan fingerprint density at radius 2 is 1.81 bits per heavy atom. The van der Waals surface area contributed by atoms with Gasteiger partial charge in [-0.3, -0.25) is 14.4 Å². The minimum Gasteiger partial charge on any atom is -0.481 e. The van der Waals surface area contributed by atoms with Gasteiger partial charge in [0.15, 0.2) is 0 Å². The van der Waals surface area contributed by atoms with E-state index in [2.05, 4.69) is 16.0 Å². The van der Waals surface area contributed by atoms with Gasteiger partial charge in [-0.2, -0.15) is 0 Å². The van der Waals surface area contributed by atoms with Crippen molar-refractivity contribution < 1.29 is 29.0 Å². The molecule has 0 radical (unpaired) electrons. The minimum absolute atomic E-state index is 0.0648. The van der Waals surface area contributed by atoms with Crippen molar-refractivity contribution in [2.24, 2.45) is 11.8 Å². The van der Waals surface area contributed by atoms with Gasteiger partial charge in [-0.1, -0.05) is 0 Å². The molecule has 0 aliphatic carbocycles. The number of hydrogen-bond donors (Lipinski definition) is 4. The van der Waals surface area contributed by atoms with E-state index in [1.165, 1.54) is 0 Å². The van der Waals surface area contributed by atoms with Crippen molar-refractivity contribution in [3.05, 3.63) is 0 Å². The Morgan fingerprint density at radius 3 is 2.44 bits per heavy atom. The molecular weight excluding hydrogens is 416 g/mol. The number of aliphatic carboxylic acids is 1. The normalized spacial score (nSPS) is 20.8. The number of nitrogens with zero attached hydrogens (tertiary/aromatic N) is 1. The number of carbonyl (C=O) groups is 4. The van der Waals surface area contributed by atoms with Gasteiger partial charge in [0.2, 0.25) is 11.8 Å². The molecule has 10 heteroatoms. The molecule has 0 bridgehead atoms. The third-order valence-corrected chi connectivity index (χ3v) is 5.76. The highest BCUT2D eigenvalue weighted by molar-refractivity contribution is 5.82. The average Bonchev–Trinajstić information content (AvgIpc) is 2.70. The topological polar surface area (TPSA) is 137 Å². The number of piperidine rings is 2. The van der Waals surface area contributed by atoms with Crippen molar-refractivity contribution in [1.29, 1.82) is 0 Å². The van der Waals surface area contributed by atoms with Crippen LogP contribution in [-0.4, -0.2) is 71.8 Å². The minimum atomic E-state index is -1.16. The number of ether oxygens (including phenoxy) is 1. The molecule has 2 aliphatic rings. The molecular formula is C22H38N4O6. The van der Waals surface area contributed by atoms with E-state index in [1.54, 1.807) is 25.7 Å². The van der Waals surface area contributed by atoms with Crippen LogP contribution in [0.15, 0.2) is 0 Å². The molecule has 2 heterocycles. The van der Waals surface area contributed by atoms with Gasteiger partial charge in [0, 0.05) is 19.5 Å². The number of carboxylic acids is 1. The highest BCUT2D eigenvalue weighted by Gasteiger charge is 2.31. The van der Waals surface area contributed by atoms with E-state index in [4.69, 9.17) is 9.84 Å². The first-order chi connectivity index (χ1) is 15.0. The fourth-order valence-electron chi connectivity index (χ4n) is 4.13. The van der Waals surface area contributed by atoms with Gasteiger partial charge in [0.05, 0.1) is 12.3 Å². The SMILES string of the molecule is CC(C)(C)OC(=O)N[C@@H](CC(=O)O)NC(=O)[C@@H]1CCCN(C(=O)CCC2CCNCC2)C1. The van der Waals surface area contributed by atoms with Crippen molar-refractivity contribution in [1.82, 2.24) is 20.9 Å². The maximum Gasteiger partial charge on any atom is 0.409 e. The van der Waals surface area contributed by atoms with Gasteiger partial charge in [-0.25, -0.2) is 4.79 Å². The zero-order chi connectivity index (χ0) is 23.7. The smallest absolute Gasteiger partial charge is 0.409 e. The number of carboxylic acid groups (broad SMARTS) is 1. The second kappa shape index (κ2) is 12.0. The van der Waals surface area contributed by atoms with E-state index in [0.29, 0.717) is 38.3 Å². The van der Waals surface area contributed by atoms with Crippen LogP contribution in [0.5, 0.6) is 0 Å². The zero-order valence-electron chi connectivity index (χ0n) is 19.4. The van der Waals surface area contributed by atoms with Crippen LogP contribution in [-0.2, 0) is 19.1 Å². The van der Waals surface area contributed by atoms with Crippen LogP contribution in [0.25, 0.3) is 0 Å². The Hall–Kier alpha value is -2.36. The predicted octanol–water partition coefficient (Wildman–Crippen LogP) is 1.45. The molecule has 2 rings (SSSR count). The second-order valence-corrected chi connectivity index (χ2v) is 9.72. The fraction of sp³-hybridized carbons (Fsp3) is 0.818.